The molecule has 0 N–H and O–H groups in total. The summed E-state index contributed by atoms with van der Waals surface area (Å²) in [6, 6.07) is 28.8. The van der Waals surface area contributed by atoms with Crippen molar-refractivity contribution in [2.24, 2.45) is 0 Å². The predicted molar refractivity (Wildman–Crippen MR) is 158 cm³/mol. The standard InChI is InChI=1S/C34H30O8/c1-22(31(36)25-14-16-27(28(18-25)37-2)39-20-23-10-6-4-7-11-23)41-33-29(38-3)19-26-15-17-30(35)42-32(26)34(33)40-21-24-12-8-5-9-13-24/h4-19,22H,20-21H2,1-3H3. The minimum atomic E-state index is -0.966. The van der Waals surface area contributed by atoms with Crippen molar-refractivity contribution in [1.82, 2.24) is 0 Å². The number of hydrogen-bond acceptors (Lipinski definition) is 8. The minimum absolute atomic E-state index is 0.144. The van der Waals surface area contributed by atoms with Gasteiger partial charge < -0.3 is 28.1 Å². The van der Waals surface area contributed by atoms with Gasteiger partial charge in [-0.15, -0.1) is 0 Å². The van der Waals surface area contributed by atoms with Crippen LogP contribution in [0.25, 0.3) is 11.0 Å². The van der Waals surface area contributed by atoms with Crippen LogP contribution >= 0.6 is 0 Å². The average molecular weight is 567 g/mol. The molecule has 1 heterocycles. The molecule has 0 aliphatic heterocycles. The summed E-state index contributed by atoms with van der Waals surface area (Å²) in [5.41, 5.74) is 1.91. The van der Waals surface area contributed by atoms with Crippen LogP contribution in [0.3, 0.4) is 0 Å². The second kappa shape index (κ2) is 13.0. The summed E-state index contributed by atoms with van der Waals surface area (Å²) >= 11 is 0. The third kappa shape index (κ3) is 6.39. The van der Waals surface area contributed by atoms with Gasteiger partial charge >= 0.3 is 5.63 Å². The lowest BCUT2D eigenvalue weighted by atomic mass is 10.1. The fourth-order valence-corrected chi connectivity index (χ4v) is 4.40. The molecular formula is C34H30O8. The quantitative estimate of drug-likeness (QED) is 0.123. The van der Waals surface area contributed by atoms with Gasteiger partial charge in [-0.3, -0.25) is 4.79 Å². The molecule has 0 saturated heterocycles. The lowest BCUT2D eigenvalue weighted by Crippen LogP contribution is -2.24. The molecular weight excluding hydrogens is 536 g/mol. The van der Waals surface area contributed by atoms with E-state index in [0.717, 1.165) is 11.1 Å². The Bertz CT molecular complexity index is 1730. The van der Waals surface area contributed by atoms with Crippen molar-refractivity contribution in [3.05, 3.63) is 124 Å². The number of Topliss-reactive ketones (excluding diaryl/α,β-unsaturated/α-hetero) is 1. The third-order valence-electron chi connectivity index (χ3n) is 6.58. The first-order valence-corrected chi connectivity index (χ1v) is 13.3. The molecule has 0 spiro atoms. The molecule has 1 aromatic heterocycles. The first-order valence-electron chi connectivity index (χ1n) is 13.3. The number of benzene rings is 4. The Kier molecular flexibility index (Phi) is 8.72. The van der Waals surface area contributed by atoms with E-state index in [2.05, 4.69) is 0 Å². The molecule has 8 nitrogen and oxygen atoms in total. The Morgan fingerprint density at radius 2 is 1.36 bits per heavy atom. The second-order valence-corrected chi connectivity index (χ2v) is 9.45. The second-order valence-electron chi connectivity index (χ2n) is 9.45. The average Bonchev–Trinajstić information content (AvgIpc) is 3.03. The van der Waals surface area contributed by atoms with E-state index in [-0.39, 0.29) is 29.5 Å². The molecule has 0 aliphatic rings. The molecule has 8 heteroatoms. The van der Waals surface area contributed by atoms with Crippen molar-refractivity contribution in [2.75, 3.05) is 14.2 Å². The van der Waals surface area contributed by atoms with Crippen LogP contribution in [-0.4, -0.2) is 26.1 Å². The van der Waals surface area contributed by atoms with Gasteiger partial charge in [-0.05, 0) is 48.4 Å². The van der Waals surface area contributed by atoms with E-state index in [4.69, 9.17) is 28.1 Å². The topological polar surface area (TPSA) is 93.4 Å². The number of rotatable bonds is 12. The molecule has 0 amide bonds. The van der Waals surface area contributed by atoms with Crippen LogP contribution < -0.4 is 29.3 Å². The van der Waals surface area contributed by atoms with Gasteiger partial charge in [0.2, 0.25) is 17.3 Å². The smallest absolute Gasteiger partial charge is 0.336 e. The number of ether oxygens (including phenoxy) is 5. The molecule has 214 valence electrons. The summed E-state index contributed by atoms with van der Waals surface area (Å²) in [6.45, 7) is 2.15. The Morgan fingerprint density at radius 1 is 0.714 bits per heavy atom. The molecule has 5 rings (SSSR count). The van der Waals surface area contributed by atoms with E-state index in [1.54, 1.807) is 37.3 Å². The van der Waals surface area contributed by atoms with Gasteiger partial charge in [-0.25, -0.2) is 4.79 Å². The van der Waals surface area contributed by atoms with Gasteiger partial charge in [0.05, 0.1) is 14.2 Å². The normalized spacial score (nSPS) is 11.5. The molecule has 0 fully saturated rings. The van der Waals surface area contributed by atoms with E-state index in [1.165, 1.54) is 20.3 Å². The van der Waals surface area contributed by atoms with E-state index in [0.29, 0.717) is 34.8 Å². The van der Waals surface area contributed by atoms with Crippen LogP contribution in [0.15, 0.2) is 106 Å². The van der Waals surface area contributed by atoms with Gasteiger partial charge in [0.15, 0.2) is 28.9 Å². The molecule has 42 heavy (non-hydrogen) atoms. The maximum absolute atomic E-state index is 13.5. The van der Waals surface area contributed by atoms with E-state index in [1.807, 2.05) is 60.7 Å². The van der Waals surface area contributed by atoms with Crippen LogP contribution in [-0.2, 0) is 13.2 Å². The van der Waals surface area contributed by atoms with Crippen molar-refractivity contribution < 1.29 is 32.9 Å². The highest BCUT2D eigenvalue weighted by atomic mass is 16.6. The maximum Gasteiger partial charge on any atom is 0.336 e. The van der Waals surface area contributed by atoms with Crippen LogP contribution in [0.2, 0.25) is 0 Å². The number of carbonyl (C=O) groups is 1. The Balaban J connectivity index is 1.42. The summed E-state index contributed by atoms with van der Waals surface area (Å²) in [4.78, 5) is 25.7. The van der Waals surface area contributed by atoms with Crippen LogP contribution in [0.1, 0.15) is 28.4 Å². The van der Waals surface area contributed by atoms with Crippen LogP contribution in [0, 0.1) is 0 Å². The fourth-order valence-electron chi connectivity index (χ4n) is 4.40. The SMILES string of the molecule is COc1cc(C(=O)C(C)Oc2c(OC)cc3ccc(=O)oc3c2OCc2ccccc2)ccc1OCc1ccccc1. The number of methoxy groups -OCH3 is 2. The number of hydrogen-bond donors (Lipinski definition) is 0. The zero-order valence-corrected chi connectivity index (χ0v) is 23.5. The summed E-state index contributed by atoms with van der Waals surface area (Å²) in [7, 11) is 3.00. The highest BCUT2D eigenvalue weighted by Gasteiger charge is 2.26. The molecule has 4 aromatic carbocycles. The lowest BCUT2D eigenvalue weighted by molar-refractivity contribution is 0.0806. The van der Waals surface area contributed by atoms with Crippen molar-refractivity contribution in [2.45, 2.75) is 26.2 Å². The van der Waals surface area contributed by atoms with Gasteiger partial charge in [-0.2, -0.15) is 0 Å². The zero-order valence-electron chi connectivity index (χ0n) is 23.5. The first-order chi connectivity index (χ1) is 20.5. The Morgan fingerprint density at radius 3 is 2.00 bits per heavy atom. The van der Waals surface area contributed by atoms with Crippen molar-refractivity contribution in [3.63, 3.8) is 0 Å². The van der Waals surface area contributed by atoms with Crippen molar-refractivity contribution in [3.8, 4) is 28.7 Å². The molecule has 0 saturated carbocycles. The minimum Gasteiger partial charge on any atom is -0.493 e. The van der Waals surface area contributed by atoms with Gasteiger partial charge in [0.1, 0.15) is 13.2 Å². The van der Waals surface area contributed by atoms with Crippen molar-refractivity contribution in [1.29, 1.82) is 0 Å². The van der Waals surface area contributed by atoms with Crippen LogP contribution in [0.4, 0.5) is 0 Å². The predicted octanol–water partition coefficient (Wildman–Crippen LogP) is 6.62. The highest BCUT2D eigenvalue weighted by molar-refractivity contribution is 6.00. The Labute approximate surface area is 243 Å². The van der Waals surface area contributed by atoms with Gasteiger partial charge in [0.25, 0.3) is 0 Å². The highest BCUT2D eigenvalue weighted by Crippen LogP contribution is 2.44. The first kappa shape index (κ1) is 28.3. The van der Waals surface area contributed by atoms with Crippen molar-refractivity contribution >= 4 is 16.8 Å². The molecule has 0 aliphatic carbocycles. The lowest BCUT2D eigenvalue weighted by Gasteiger charge is -2.20. The summed E-state index contributed by atoms with van der Waals surface area (Å²) in [6.07, 6.45) is -0.966. The third-order valence-corrected chi connectivity index (χ3v) is 6.58. The molecule has 0 bridgehead atoms. The fraction of sp³-hybridized carbons (Fsp3) is 0.176. The van der Waals surface area contributed by atoms with E-state index in [9.17, 15) is 9.59 Å². The number of fused-ring (bicyclic) bond motifs is 1. The maximum atomic E-state index is 13.5. The molecule has 1 unspecified atom stereocenters. The summed E-state index contributed by atoms with van der Waals surface area (Å²) in [5, 5.41) is 0.580. The molecule has 0 radical (unpaired) electrons. The van der Waals surface area contributed by atoms with E-state index < -0.39 is 11.7 Å². The van der Waals surface area contributed by atoms with Gasteiger partial charge in [0, 0.05) is 17.0 Å². The number of ketones is 1. The monoisotopic (exact) mass is 566 g/mol. The Hall–Kier alpha value is -5.24. The largest absolute Gasteiger partial charge is 0.493 e. The summed E-state index contributed by atoms with van der Waals surface area (Å²) in [5.74, 6) is 1.24. The van der Waals surface area contributed by atoms with Gasteiger partial charge in [-0.1, -0.05) is 60.7 Å². The zero-order chi connectivity index (χ0) is 29.5. The van der Waals surface area contributed by atoms with E-state index >= 15 is 0 Å². The molecule has 5 aromatic rings. The molecule has 1 atom stereocenters. The number of carbonyl (C=O) groups excluding carboxylic acids is 1. The van der Waals surface area contributed by atoms with Crippen LogP contribution in [0.5, 0.6) is 28.7 Å². The summed E-state index contributed by atoms with van der Waals surface area (Å²) < 4.78 is 34.9.